The summed E-state index contributed by atoms with van der Waals surface area (Å²) in [6.07, 6.45) is 1.78. The second-order valence-electron chi connectivity index (χ2n) is 5.81. The first kappa shape index (κ1) is 19.4. The van der Waals surface area contributed by atoms with E-state index in [1.807, 2.05) is 29.6 Å². The number of carbonyl (C=O) groups excluding carboxylic acids is 1. The van der Waals surface area contributed by atoms with Gasteiger partial charge in [0.1, 0.15) is 11.5 Å². The van der Waals surface area contributed by atoms with Gasteiger partial charge in [-0.25, -0.2) is 4.98 Å². The lowest BCUT2D eigenvalue weighted by molar-refractivity contribution is 0.102. The number of methoxy groups -OCH3 is 2. The lowest BCUT2D eigenvalue weighted by Gasteiger charge is -2.11. The Morgan fingerprint density at radius 2 is 2.07 bits per heavy atom. The molecular weight excluding hydrogens is 374 g/mol. The Hall–Kier alpha value is -3.32. The Morgan fingerprint density at radius 1 is 1.21 bits per heavy atom. The molecule has 0 aliphatic heterocycles. The van der Waals surface area contributed by atoms with E-state index in [0.717, 1.165) is 16.4 Å². The fourth-order valence-electron chi connectivity index (χ4n) is 2.59. The third kappa shape index (κ3) is 4.50. The summed E-state index contributed by atoms with van der Waals surface area (Å²) in [5.41, 5.74) is 2.87. The summed E-state index contributed by atoms with van der Waals surface area (Å²) in [6, 6.07) is 12.6. The van der Waals surface area contributed by atoms with E-state index >= 15 is 0 Å². The van der Waals surface area contributed by atoms with Crippen LogP contribution in [0.1, 0.15) is 10.4 Å². The first-order chi connectivity index (χ1) is 13.6. The summed E-state index contributed by atoms with van der Waals surface area (Å²) >= 11 is 1.52. The Labute approximate surface area is 167 Å². The van der Waals surface area contributed by atoms with Crippen LogP contribution >= 0.6 is 11.3 Å². The molecule has 0 atom stereocenters. The second kappa shape index (κ2) is 9.05. The predicted molar refractivity (Wildman–Crippen MR) is 114 cm³/mol. The number of anilines is 2. The second-order valence-corrected chi connectivity index (χ2v) is 6.67. The van der Waals surface area contributed by atoms with Crippen LogP contribution < -0.4 is 20.1 Å². The lowest BCUT2D eigenvalue weighted by Crippen LogP contribution is -2.13. The van der Waals surface area contributed by atoms with Gasteiger partial charge in [-0.1, -0.05) is 18.2 Å². The fourth-order valence-corrected chi connectivity index (χ4v) is 3.32. The number of rotatable bonds is 8. The number of thiazole rings is 1. The van der Waals surface area contributed by atoms with Gasteiger partial charge in [0.25, 0.3) is 5.91 Å². The first-order valence-corrected chi connectivity index (χ1v) is 9.46. The van der Waals surface area contributed by atoms with E-state index in [1.165, 1.54) is 18.4 Å². The minimum absolute atomic E-state index is 0.261. The molecule has 1 aromatic heterocycles. The quantitative estimate of drug-likeness (QED) is 0.542. The van der Waals surface area contributed by atoms with Crippen molar-refractivity contribution < 1.29 is 14.3 Å². The molecule has 0 unspecified atom stereocenters. The summed E-state index contributed by atoms with van der Waals surface area (Å²) in [6.45, 7) is 4.34. The van der Waals surface area contributed by atoms with Gasteiger partial charge in [0, 0.05) is 29.2 Å². The molecule has 0 saturated heterocycles. The Kier molecular flexibility index (Phi) is 6.29. The van der Waals surface area contributed by atoms with E-state index in [9.17, 15) is 4.79 Å². The highest BCUT2D eigenvalue weighted by molar-refractivity contribution is 7.14. The van der Waals surface area contributed by atoms with Crippen LogP contribution in [-0.4, -0.2) is 31.7 Å². The van der Waals surface area contributed by atoms with Crippen molar-refractivity contribution >= 4 is 28.1 Å². The van der Waals surface area contributed by atoms with Crippen LogP contribution in [0.4, 0.5) is 10.8 Å². The maximum absolute atomic E-state index is 12.7. The van der Waals surface area contributed by atoms with Gasteiger partial charge >= 0.3 is 0 Å². The van der Waals surface area contributed by atoms with Gasteiger partial charge < -0.3 is 20.1 Å². The van der Waals surface area contributed by atoms with Gasteiger partial charge in [0.05, 0.1) is 25.5 Å². The number of ether oxygens (including phenoxy) is 2. The first-order valence-electron chi connectivity index (χ1n) is 8.58. The van der Waals surface area contributed by atoms with E-state index in [2.05, 4.69) is 22.2 Å². The van der Waals surface area contributed by atoms with Gasteiger partial charge in [0.2, 0.25) is 0 Å². The number of benzene rings is 2. The topological polar surface area (TPSA) is 72.5 Å². The zero-order chi connectivity index (χ0) is 19.9. The van der Waals surface area contributed by atoms with Gasteiger partial charge in [-0.3, -0.25) is 4.79 Å². The van der Waals surface area contributed by atoms with Crippen LogP contribution in [0.15, 0.2) is 60.5 Å². The summed E-state index contributed by atoms with van der Waals surface area (Å²) in [7, 11) is 3.09. The molecule has 144 valence electrons. The van der Waals surface area contributed by atoms with Crippen molar-refractivity contribution in [1.29, 1.82) is 0 Å². The standard InChI is InChI=1S/C21H21N3O3S/c1-4-10-22-21-24-18(13-28-21)14-6-5-7-15(11-14)23-20(25)17-9-8-16(26-2)12-19(17)27-3/h4-9,11-13H,1,10H2,2-3H3,(H,22,24)(H,23,25). The van der Waals surface area contributed by atoms with Gasteiger partial charge in [-0.05, 0) is 24.3 Å². The smallest absolute Gasteiger partial charge is 0.259 e. The van der Waals surface area contributed by atoms with E-state index in [1.54, 1.807) is 31.4 Å². The van der Waals surface area contributed by atoms with Crippen molar-refractivity contribution in [3.8, 4) is 22.8 Å². The molecule has 0 radical (unpaired) electrons. The highest BCUT2D eigenvalue weighted by Crippen LogP contribution is 2.28. The summed E-state index contributed by atoms with van der Waals surface area (Å²) in [5.74, 6) is 0.813. The van der Waals surface area contributed by atoms with Gasteiger partial charge in [-0.2, -0.15) is 0 Å². The van der Waals surface area contributed by atoms with Crippen molar-refractivity contribution in [2.45, 2.75) is 0 Å². The van der Waals surface area contributed by atoms with E-state index in [-0.39, 0.29) is 5.91 Å². The number of carbonyl (C=O) groups is 1. The summed E-state index contributed by atoms with van der Waals surface area (Å²) in [4.78, 5) is 17.3. The molecule has 0 bridgehead atoms. The molecule has 6 nitrogen and oxygen atoms in total. The minimum Gasteiger partial charge on any atom is -0.497 e. The van der Waals surface area contributed by atoms with Crippen molar-refractivity contribution in [1.82, 2.24) is 4.98 Å². The lowest BCUT2D eigenvalue weighted by atomic mass is 10.1. The van der Waals surface area contributed by atoms with Crippen LogP contribution in [0.2, 0.25) is 0 Å². The monoisotopic (exact) mass is 395 g/mol. The average molecular weight is 395 g/mol. The maximum Gasteiger partial charge on any atom is 0.259 e. The number of hydrogen-bond acceptors (Lipinski definition) is 6. The Bertz CT molecular complexity index is 985. The summed E-state index contributed by atoms with van der Waals surface area (Å²) < 4.78 is 10.5. The van der Waals surface area contributed by atoms with Crippen molar-refractivity contribution in [2.24, 2.45) is 0 Å². The molecule has 0 spiro atoms. The third-order valence-corrected chi connectivity index (χ3v) is 4.77. The number of hydrogen-bond donors (Lipinski definition) is 2. The normalized spacial score (nSPS) is 10.2. The number of nitrogens with one attached hydrogen (secondary N) is 2. The molecule has 1 amide bonds. The molecule has 0 fully saturated rings. The highest BCUT2D eigenvalue weighted by atomic mass is 32.1. The molecule has 2 aromatic carbocycles. The van der Waals surface area contributed by atoms with Crippen LogP contribution in [0.5, 0.6) is 11.5 Å². The molecule has 2 N–H and O–H groups in total. The molecule has 7 heteroatoms. The minimum atomic E-state index is -0.261. The zero-order valence-electron chi connectivity index (χ0n) is 15.7. The van der Waals surface area contributed by atoms with Crippen molar-refractivity contribution in [3.63, 3.8) is 0 Å². The zero-order valence-corrected chi connectivity index (χ0v) is 16.5. The molecule has 0 aliphatic carbocycles. The number of aromatic nitrogens is 1. The average Bonchev–Trinajstić information content (AvgIpc) is 3.21. The Balaban J connectivity index is 1.78. The molecule has 3 rings (SSSR count). The molecule has 0 saturated carbocycles. The van der Waals surface area contributed by atoms with Gasteiger partial charge in [0.15, 0.2) is 5.13 Å². The molecule has 3 aromatic rings. The van der Waals surface area contributed by atoms with Crippen LogP contribution in [-0.2, 0) is 0 Å². The largest absolute Gasteiger partial charge is 0.497 e. The van der Waals surface area contributed by atoms with E-state index in [0.29, 0.717) is 29.3 Å². The fraction of sp³-hybridized carbons (Fsp3) is 0.143. The molecule has 1 heterocycles. The molecule has 0 aliphatic rings. The maximum atomic E-state index is 12.7. The van der Waals surface area contributed by atoms with Crippen molar-refractivity contribution in [2.75, 3.05) is 31.4 Å². The number of nitrogens with zero attached hydrogens (tertiary/aromatic N) is 1. The number of amides is 1. The van der Waals surface area contributed by atoms with Crippen LogP contribution in [0.3, 0.4) is 0 Å². The van der Waals surface area contributed by atoms with Crippen molar-refractivity contribution in [3.05, 3.63) is 66.1 Å². The van der Waals surface area contributed by atoms with Crippen LogP contribution in [0, 0.1) is 0 Å². The Morgan fingerprint density at radius 3 is 2.82 bits per heavy atom. The van der Waals surface area contributed by atoms with Crippen LogP contribution in [0.25, 0.3) is 11.3 Å². The SMILES string of the molecule is C=CCNc1nc(-c2cccc(NC(=O)c3ccc(OC)cc3OC)c2)cs1. The van der Waals surface area contributed by atoms with E-state index in [4.69, 9.17) is 9.47 Å². The third-order valence-electron chi connectivity index (χ3n) is 3.97. The highest BCUT2D eigenvalue weighted by Gasteiger charge is 2.14. The van der Waals surface area contributed by atoms with Gasteiger partial charge in [-0.15, -0.1) is 17.9 Å². The molecule has 28 heavy (non-hydrogen) atoms. The summed E-state index contributed by atoms with van der Waals surface area (Å²) in [5, 5.41) is 8.88. The predicted octanol–water partition coefficient (Wildman–Crippen LogP) is 4.68. The van der Waals surface area contributed by atoms with E-state index < -0.39 is 0 Å². The molecular formula is C21H21N3O3S.